The Hall–Kier alpha value is -0.990. The molecule has 1 aromatic heterocycles. The van der Waals surface area contributed by atoms with Gasteiger partial charge in [-0.1, -0.05) is 17.7 Å². The maximum absolute atomic E-state index is 6.22. The van der Waals surface area contributed by atoms with Crippen LogP contribution in [-0.4, -0.2) is 0 Å². The summed E-state index contributed by atoms with van der Waals surface area (Å²) in [4.78, 5) is 1.36. The van der Waals surface area contributed by atoms with Crippen molar-refractivity contribution in [2.24, 2.45) is 0 Å². The molecule has 0 fully saturated rings. The Bertz CT molecular complexity index is 519. The molecule has 3 heteroatoms. The highest BCUT2D eigenvalue weighted by atomic mass is 35.5. The quantitative estimate of drug-likeness (QED) is 0.805. The highest BCUT2D eigenvalue weighted by Crippen LogP contribution is 2.30. The normalized spacial score (nSPS) is 12.5. The number of halogens is 1. The lowest BCUT2D eigenvalue weighted by atomic mass is 10.1. The minimum absolute atomic E-state index is 0.287. The van der Waals surface area contributed by atoms with Crippen molar-refractivity contribution in [3.05, 3.63) is 50.7 Å². The number of hydrogen-bond donors (Lipinski definition) is 1. The van der Waals surface area contributed by atoms with Crippen LogP contribution in [0.5, 0.6) is 0 Å². The number of benzene rings is 1. The van der Waals surface area contributed by atoms with Gasteiger partial charge in [-0.3, -0.25) is 0 Å². The Balaban J connectivity index is 2.19. The van der Waals surface area contributed by atoms with Gasteiger partial charge in [-0.25, -0.2) is 0 Å². The average Bonchev–Trinajstić information content (AvgIpc) is 2.68. The van der Waals surface area contributed by atoms with Crippen LogP contribution in [0, 0.1) is 13.8 Å². The first-order chi connectivity index (χ1) is 8.08. The van der Waals surface area contributed by atoms with Gasteiger partial charge < -0.3 is 5.32 Å². The van der Waals surface area contributed by atoms with Gasteiger partial charge in [-0.15, -0.1) is 11.3 Å². The van der Waals surface area contributed by atoms with Gasteiger partial charge in [0.15, 0.2) is 0 Å². The van der Waals surface area contributed by atoms with Crippen molar-refractivity contribution in [1.29, 1.82) is 0 Å². The summed E-state index contributed by atoms with van der Waals surface area (Å²) in [6.45, 7) is 6.35. The zero-order valence-corrected chi connectivity index (χ0v) is 11.8. The van der Waals surface area contributed by atoms with E-state index in [9.17, 15) is 0 Å². The van der Waals surface area contributed by atoms with Crippen molar-refractivity contribution in [3.63, 3.8) is 0 Å². The highest BCUT2D eigenvalue weighted by molar-refractivity contribution is 7.10. The molecule has 2 rings (SSSR count). The average molecular weight is 266 g/mol. The fourth-order valence-corrected chi connectivity index (χ4v) is 3.09. The highest BCUT2D eigenvalue weighted by Gasteiger charge is 2.11. The fraction of sp³-hybridized carbons (Fsp3) is 0.286. The zero-order chi connectivity index (χ0) is 12.4. The smallest absolute Gasteiger partial charge is 0.0640 e. The second kappa shape index (κ2) is 5.11. The molecular weight excluding hydrogens is 250 g/mol. The summed E-state index contributed by atoms with van der Waals surface area (Å²) >= 11 is 8.00. The van der Waals surface area contributed by atoms with E-state index in [-0.39, 0.29) is 6.04 Å². The van der Waals surface area contributed by atoms with Gasteiger partial charge in [0.2, 0.25) is 0 Å². The lowest BCUT2D eigenvalue weighted by Gasteiger charge is -2.16. The third kappa shape index (κ3) is 2.82. The molecule has 0 saturated carbocycles. The van der Waals surface area contributed by atoms with Gasteiger partial charge in [0.1, 0.15) is 0 Å². The molecule has 2 aromatic rings. The molecule has 1 aromatic carbocycles. The van der Waals surface area contributed by atoms with Gasteiger partial charge in [0.05, 0.1) is 16.8 Å². The fourth-order valence-electron chi connectivity index (χ4n) is 1.86. The Morgan fingerprint density at radius 2 is 2.00 bits per heavy atom. The minimum Gasteiger partial charge on any atom is -0.376 e. The molecule has 0 aliphatic heterocycles. The van der Waals surface area contributed by atoms with Crippen LogP contribution < -0.4 is 5.32 Å². The first kappa shape index (κ1) is 12.5. The number of nitrogens with one attached hydrogen (secondary N) is 1. The van der Waals surface area contributed by atoms with Crippen LogP contribution in [0.4, 0.5) is 5.69 Å². The van der Waals surface area contributed by atoms with Gasteiger partial charge >= 0.3 is 0 Å². The molecule has 0 saturated heterocycles. The lowest BCUT2D eigenvalue weighted by Crippen LogP contribution is -2.06. The molecule has 0 aliphatic rings. The molecule has 0 radical (unpaired) electrons. The van der Waals surface area contributed by atoms with Crippen molar-refractivity contribution >= 4 is 28.6 Å². The number of aryl methyl sites for hydroxylation is 2. The summed E-state index contributed by atoms with van der Waals surface area (Å²) < 4.78 is 0. The van der Waals surface area contributed by atoms with Crippen LogP contribution in [0.15, 0.2) is 29.6 Å². The van der Waals surface area contributed by atoms with Gasteiger partial charge in [-0.05, 0) is 55.5 Å². The van der Waals surface area contributed by atoms with E-state index in [2.05, 4.69) is 36.7 Å². The van der Waals surface area contributed by atoms with Crippen molar-refractivity contribution in [3.8, 4) is 0 Å². The Morgan fingerprint density at radius 1 is 1.24 bits per heavy atom. The predicted molar refractivity (Wildman–Crippen MR) is 77.3 cm³/mol. The van der Waals surface area contributed by atoms with E-state index < -0.39 is 0 Å². The maximum atomic E-state index is 6.22. The van der Waals surface area contributed by atoms with Crippen LogP contribution in [0.1, 0.15) is 29.0 Å². The number of hydrogen-bond acceptors (Lipinski definition) is 2. The molecule has 0 bridgehead atoms. The third-order valence-electron chi connectivity index (χ3n) is 2.79. The van der Waals surface area contributed by atoms with Crippen LogP contribution in [0.3, 0.4) is 0 Å². The topological polar surface area (TPSA) is 12.0 Å². The largest absolute Gasteiger partial charge is 0.376 e. The summed E-state index contributed by atoms with van der Waals surface area (Å²) in [5.74, 6) is 0. The van der Waals surface area contributed by atoms with Gasteiger partial charge in [0.25, 0.3) is 0 Å². The molecule has 0 amide bonds. The summed E-state index contributed by atoms with van der Waals surface area (Å²) in [7, 11) is 0. The number of anilines is 1. The molecule has 0 spiro atoms. The Labute approximate surface area is 111 Å². The van der Waals surface area contributed by atoms with Crippen molar-refractivity contribution in [1.82, 2.24) is 0 Å². The summed E-state index contributed by atoms with van der Waals surface area (Å²) in [6.07, 6.45) is 0. The van der Waals surface area contributed by atoms with Crippen molar-refractivity contribution in [2.75, 3.05) is 5.32 Å². The number of rotatable bonds is 3. The first-order valence-corrected chi connectivity index (χ1v) is 6.90. The molecule has 90 valence electrons. The minimum atomic E-state index is 0.287. The third-order valence-corrected chi connectivity index (χ3v) is 4.31. The van der Waals surface area contributed by atoms with Crippen LogP contribution >= 0.6 is 22.9 Å². The molecular formula is C14H16ClNS. The number of thiophene rings is 1. The van der Waals surface area contributed by atoms with E-state index in [1.807, 2.05) is 19.1 Å². The molecule has 1 atom stereocenters. The van der Waals surface area contributed by atoms with Crippen LogP contribution in [0.2, 0.25) is 5.02 Å². The SMILES string of the molecule is Cc1ccc(NC(C)c2sccc2C)c(Cl)c1. The summed E-state index contributed by atoms with van der Waals surface area (Å²) in [6, 6.07) is 8.53. The second-order valence-corrected chi connectivity index (χ2v) is 5.67. The Morgan fingerprint density at radius 3 is 2.59 bits per heavy atom. The molecule has 0 aliphatic carbocycles. The lowest BCUT2D eigenvalue weighted by molar-refractivity contribution is 0.899. The van der Waals surface area contributed by atoms with E-state index in [0.717, 1.165) is 10.7 Å². The van der Waals surface area contributed by atoms with E-state index in [0.29, 0.717) is 0 Å². The van der Waals surface area contributed by atoms with Crippen molar-refractivity contribution in [2.45, 2.75) is 26.8 Å². The molecule has 17 heavy (non-hydrogen) atoms. The van der Waals surface area contributed by atoms with Crippen LogP contribution in [0.25, 0.3) is 0 Å². The van der Waals surface area contributed by atoms with E-state index in [1.54, 1.807) is 11.3 Å². The molecule has 1 N–H and O–H groups in total. The van der Waals surface area contributed by atoms with Gasteiger partial charge in [0, 0.05) is 4.88 Å². The van der Waals surface area contributed by atoms with E-state index in [1.165, 1.54) is 16.0 Å². The summed E-state index contributed by atoms with van der Waals surface area (Å²) in [5, 5.41) is 6.37. The van der Waals surface area contributed by atoms with Crippen LogP contribution in [-0.2, 0) is 0 Å². The molecule has 1 nitrogen and oxygen atoms in total. The zero-order valence-electron chi connectivity index (χ0n) is 10.3. The molecule has 1 unspecified atom stereocenters. The monoisotopic (exact) mass is 265 g/mol. The van der Waals surface area contributed by atoms with E-state index in [4.69, 9.17) is 11.6 Å². The predicted octanol–water partition coefficient (Wildman–Crippen LogP) is 5.19. The van der Waals surface area contributed by atoms with Gasteiger partial charge in [-0.2, -0.15) is 0 Å². The van der Waals surface area contributed by atoms with Crippen molar-refractivity contribution < 1.29 is 0 Å². The first-order valence-electron chi connectivity index (χ1n) is 5.64. The maximum Gasteiger partial charge on any atom is 0.0640 e. The van der Waals surface area contributed by atoms with E-state index >= 15 is 0 Å². The standard InChI is InChI=1S/C14H16ClNS/c1-9-4-5-13(12(15)8-9)16-11(3)14-10(2)6-7-17-14/h4-8,11,16H,1-3H3. The molecule has 1 heterocycles. The Kier molecular flexibility index (Phi) is 3.75. The second-order valence-electron chi connectivity index (χ2n) is 4.32. The summed E-state index contributed by atoms with van der Waals surface area (Å²) in [5.41, 5.74) is 3.51.